The molecule has 0 aliphatic heterocycles. The molecule has 2 amide bonds. The van der Waals surface area contributed by atoms with Crippen molar-refractivity contribution >= 4 is 23.4 Å². The molecule has 1 aromatic carbocycles. The summed E-state index contributed by atoms with van der Waals surface area (Å²) in [7, 11) is 1.64. The molecule has 21 heavy (non-hydrogen) atoms. The Hall–Kier alpha value is -2.08. The summed E-state index contributed by atoms with van der Waals surface area (Å²) in [6.45, 7) is 4.32. The first kappa shape index (κ1) is 17.0. The lowest BCUT2D eigenvalue weighted by atomic mass is 10.2. The van der Waals surface area contributed by atoms with Crippen LogP contribution in [0.1, 0.15) is 25.3 Å². The van der Waals surface area contributed by atoms with Crippen LogP contribution in [0.15, 0.2) is 18.2 Å². The zero-order valence-electron chi connectivity index (χ0n) is 12.7. The van der Waals surface area contributed by atoms with Crippen LogP contribution >= 0.6 is 0 Å². The molecule has 0 saturated heterocycles. The highest BCUT2D eigenvalue weighted by Crippen LogP contribution is 2.20. The highest BCUT2D eigenvalue weighted by Gasteiger charge is 2.06. The van der Waals surface area contributed by atoms with Crippen LogP contribution < -0.4 is 10.6 Å². The fourth-order valence-electron chi connectivity index (χ4n) is 1.69. The van der Waals surface area contributed by atoms with Gasteiger partial charge in [-0.1, -0.05) is 6.07 Å². The van der Waals surface area contributed by atoms with Gasteiger partial charge in [0.15, 0.2) is 0 Å². The number of aryl methyl sites for hydroxylation is 1. The van der Waals surface area contributed by atoms with Crippen molar-refractivity contribution in [3.63, 3.8) is 0 Å². The molecule has 1 rings (SSSR count). The van der Waals surface area contributed by atoms with Crippen LogP contribution in [0, 0.1) is 6.92 Å². The molecule has 0 bridgehead atoms. The van der Waals surface area contributed by atoms with Gasteiger partial charge < -0.3 is 14.8 Å². The SMILES string of the molecule is COCCCCOC(=O)Nc1ccc(C)c(NC(C)=O)c1. The van der Waals surface area contributed by atoms with E-state index in [1.165, 1.54) is 6.92 Å². The number of nitrogens with one attached hydrogen (secondary N) is 2. The summed E-state index contributed by atoms with van der Waals surface area (Å²) >= 11 is 0. The molecule has 0 radical (unpaired) electrons. The van der Waals surface area contributed by atoms with E-state index in [9.17, 15) is 9.59 Å². The minimum Gasteiger partial charge on any atom is -0.449 e. The fourth-order valence-corrected chi connectivity index (χ4v) is 1.69. The molecule has 0 spiro atoms. The second kappa shape index (κ2) is 8.97. The summed E-state index contributed by atoms with van der Waals surface area (Å²) in [4.78, 5) is 22.7. The van der Waals surface area contributed by atoms with Crippen LogP contribution in [0.3, 0.4) is 0 Å². The number of carbonyl (C=O) groups excluding carboxylic acids is 2. The van der Waals surface area contributed by atoms with E-state index in [1.54, 1.807) is 19.2 Å². The first-order valence-electron chi connectivity index (χ1n) is 6.84. The Kier molecular flexibility index (Phi) is 7.25. The molecule has 2 N–H and O–H groups in total. The summed E-state index contributed by atoms with van der Waals surface area (Å²) in [5.41, 5.74) is 2.16. The maximum absolute atomic E-state index is 11.6. The van der Waals surface area contributed by atoms with Crippen LogP contribution in [-0.4, -0.2) is 32.3 Å². The zero-order valence-corrected chi connectivity index (χ0v) is 12.7. The lowest BCUT2D eigenvalue weighted by Crippen LogP contribution is -2.15. The molecule has 0 saturated carbocycles. The molecule has 0 heterocycles. The molecular formula is C15H22N2O4. The molecule has 6 heteroatoms. The number of amides is 2. The third-order valence-electron chi connectivity index (χ3n) is 2.77. The average molecular weight is 294 g/mol. The number of anilines is 2. The second-order valence-corrected chi connectivity index (χ2v) is 4.67. The highest BCUT2D eigenvalue weighted by molar-refractivity contribution is 5.91. The van der Waals surface area contributed by atoms with Gasteiger partial charge in [-0.15, -0.1) is 0 Å². The zero-order chi connectivity index (χ0) is 15.7. The van der Waals surface area contributed by atoms with Gasteiger partial charge in [0.1, 0.15) is 0 Å². The van der Waals surface area contributed by atoms with Crippen molar-refractivity contribution in [1.29, 1.82) is 0 Å². The van der Waals surface area contributed by atoms with Gasteiger partial charge >= 0.3 is 6.09 Å². The van der Waals surface area contributed by atoms with Gasteiger partial charge in [-0.05, 0) is 37.5 Å². The number of rotatable bonds is 7. The molecule has 0 unspecified atom stereocenters. The van der Waals surface area contributed by atoms with Crippen molar-refractivity contribution in [1.82, 2.24) is 0 Å². The predicted octanol–water partition coefficient (Wildman–Crippen LogP) is 2.93. The summed E-state index contributed by atoms with van der Waals surface area (Å²) in [5.74, 6) is -0.157. The van der Waals surface area contributed by atoms with E-state index in [-0.39, 0.29) is 5.91 Å². The number of ether oxygens (including phenoxy) is 2. The molecule has 0 aliphatic carbocycles. The quantitative estimate of drug-likeness (QED) is 0.758. The smallest absolute Gasteiger partial charge is 0.411 e. The molecular weight excluding hydrogens is 272 g/mol. The van der Waals surface area contributed by atoms with Crippen molar-refractivity contribution < 1.29 is 19.1 Å². The number of carbonyl (C=O) groups is 2. The molecule has 0 fully saturated rings. The van der Waals surface area contributed by atoms with E-state index >= 15 is 0 Å². The normalized spacial score (nSPS) is 10.0. The average Bonchev–Trinajstić information content (AvgIpc) is 2.42. The lowest BCUT2D eigenvalue weighted by molar-refractivity contribution is -0.114. The lowest BCUT2D eigenvalue weighted by Gasteiger charge is -2.11. The van der Waals surface area contributed by atoms with Crippen LogP contribution in [0.5, 0.6) is 0 Å². The van der Waals surface area contributed by atoms with Gasteiger partial charge in [-0.2, -0.15) is 0 Å². The van der Waals surface area contributed by atoms with Crippen LogP contribution in [0.2, 0.25) is 0 Å². The van der Waals surface area contributed by atoms with Crippen LogP contribution in [0.25, 0.3) is 0 Å². The van der Waals surface area contributed by atoms with Crippen molar-refractivity contribution in [3.8, 4) is 0 Å². The van der Waals surface area contributed by atoms with Gasteiger partial charge in [0.05, 0.1) is 6.61 Å². The van der Waals surface area contributed by atoms with Crippen LogP contribution in [-0.2, 0) is 14.3 Å². The maximum Gasteiger partial charge on any atom is 0.411 e. The van der Waals surface area contributed by atoms with E-state index in [2.05, 4.69) is 10.6 Å². The topological polar surface area (TPSA) is 76.7 Å². The largest absolute Gasteiger partial charge is 0.449 e. The minimum absolute atomic E-state index is 0.157. The van der Waals surface area contributed by atoms with E-state index in [4.69, 9.17) is 9.47 Å². The summed E-state index contributed by atoms with van der Waals surface area (Å²) < 4.78 is 9.96. The van der Waals surface area contributed by atoms with E-state index in [0.717, 1.165) is 18.4 Å². The van der Waals surface area contributed by atoms with Gasteiger partial charge in [-0.25, -0.2) is 4.79 Å². The molecule has 116 valence electrons. The van der Waals surface area contributed by atoms with Gasteiger partial charge in [0.2, 0.25) is 5.91 Å². The van der Waals surface area contributed by atoms with Crippen LogP contribution in [0.4, 0.5) is 16.2 Å². The number of hydrogen-bond acceptors (Lipinski definition) is 4. The number of hydrogen-bond donors (Lipinski definition) is 2. The number of methoxy groups -OCH3 is 1. The van der Waals surface area contributed by atoms with Crippen molar-refractivity contribution in [3.05, 3.63) is 23.8 Å². The Balaban J connectivity index is 2.46. The van der Waals surface area contributed by atoms with E-state index in [0.29, 0.717) is 24.6 Å². The standard InChI is InChI=1S/C15H22N2O4/c1-11-6-7-13(10-14(11)16-12(2)18)17-15(19)21-9-5-4-8-20-3/h6-7,10H,4-5,8-9H2,1-3H3,(H,16,18)(H,17,19). The Bertz CT molecular complexity index is 489. The fraction of sp³-hybridized carbons (Fsp3) is 0.467. The molecule has 0 atom stereocenters. The molecule has 1 aromatic rings. The first-order chi connectivity index (χ1) is 10.0. The van der Waals surface area contributed by atoms with E-state index < -0.39 is 6.09 Å². The summed E-state index contributed by atoms with van der Waals surface area (Å²) in [6.07, 6.45) is 1.10. The minimum atomic E-state index is -0.509. The molecule has 0 aromatic heterocycles. The third kappa shape index (κ3) is 6.76. The summed E-state index contributed by atoms with van der Waals surface area (Å²) in [5, 5.41) is 5.34. The number of benzene rings is 1. The number of unbranched alkanes of at least 4 members (excludes halogenated alkanes) is 1. The van der Waals surface area contributed by atoms with E-state index in [1.807, 2.05) is 13.0 Å². The Labute approximate surface area is 124 Å². The highest BCUT2D eigenvalue weighted by atomic mass is 16.5. The Morgan fingerprint density at radius 2 is 1.86 bits per heavy atom. The van der Waals surface area contributed by atoms with Gasteiger partial charge in [-0.3, -0.25) is 10.1 Å². The Morgan fingerprint density at radius 1 is 1.14 bits per heavy atom. The van der Waals surface area contributed by atoms with Gasteiger partial charge in [0, 0.05) is 32.0 Å². The van der Waals surface area contributed by atoms with Crippen molar-refractivity contribution in [2.24, 2.45) is 0 Å². The Morgan fingerprint density at radius 3 is 2.52 bits per heavy atom. The molecule has 0 aliphatic rings. The van der Waals surface area contributed by atoms with Gasteiger partial charge in [0.25, 0.3) is 0 Å². The monoisotopic (exact) mass is 294 g/mol. The first-order valence-corrected chi connectivity index (χ1v) is 6.84. The molecule has 6 nitrogen and oxygen atoms in total. The third-order valence-corrected chi connectivity index (χ3v) is 2.77. The maximum atomic E-state index is 11.6. The van der Waals surface area contributed by atoms with Crippen molar-refractivity contribution in [2.75, 3.05) is 31.0 Å². The predicted molar refractivity (Wildman–Crippen MR) is 81.6 cm³/mol. The van der Waals surface area contributed by atoms with Crippen molar-refractivity contribution in [2.45, 2.75) is 26.7 Å². The second-order valence-electron chi connectivity index (χ2n) is 4.67. The summed E-state index contributed by atoms with van der Waals surface area (Å²) in [6, 6.07) is 5.27.